The summed E-state index contributed by atoms with van der Waals surface area (Å²) < 4.78 is 10.8. The number of nitrogens with two attached hydrogens (primary N) is 1. The minimum atomic E-state index is 0.644. The highest BCUT2D eigenvalue weighted by Crippen LogP contribution is 2.40. The SMILES string of the molecule is COc1cc2c(c(N)c1OC)CCN(CCc1ccc(Cl)cc1)C2. The van der Waals surface area contributed by atoms with Crippen LogP contribution in [0.2, 0.25) is 5.02 Å². The lowest BCUT2D eigenvalue weighted by Crippen LogP contribution is -2.32. The minimum absolute atomic E-state index is 0.644. The van der Waals surface area contributed by atoms with Crippen molar-refractivity contribution in [3.63, 3.8) is 0 Å². The van der Waals surface area contributed by atoms with Crippen LogP contribution in [-0.2, 0) is 19.4 Å². The second kappa shape index (κ2) is 7.32. The predicted octanol–water partition coefficient (Wildman–Crippen LogP) is 3.54. The molecule has 0 unspecified atom stereocenters. The second-order valence-corrected chi connectivity index (χ2v) is 6.50. The molecule has 3 rings (SSSR count). The van der Waals surface area contributed by atoms with Gasteiger partial charge in [0.15, 0.2) is 11.5 Å². The predicted molar refractivity (Wildman–Crippen MR) is 98.1 cm³/mol. The maximum absolute atomic E-state index is 6.28. The summed E-state index contributed by atoms with van der Waals surface area (Å²) in [5, 5.41) is 0.780. The van der Waals surface area contributed by atoms with Gasteiger partial charge in [-0.1, -0.05) is 23.7 Å². The summed E-state index contributed by atoms with van der Waals surface area (Å²) in [6.07, 6.45) is 1.94. The zero-order valence-electron chi connectivity index (χ0n) is 14.1. The summed E-state index contributed by atoms with van der Waals surface area (Å²) >= 11 is 5.94. The van der Waals surface area contributed by atoms with Crippen molar-refractivity contribution in [3.05, 3.63) is 52.0 Å². The van der Waals surface area contributed by atoms with Crippen molar-refractivity contribution in [1.29, 1.82) is 0 Å². The van der Waals surface area contributed by atoms with Crippen molar-refractivity contribution in [2.24, 2.45) is 0 Å². The lowest BCUT2D eigenvalue weighted by Gasteiger charge is -2.30. The Morgan fingerprint density at radius 2 is 1.92 bits per heavy atom. The van der Waals surface area contributed by atoms with Crippen LogP contribution in [0.1, 0.15) is 16.7 Å². The number of anilines is 1. The molecule has 0 bridgehead atoms. The molecule has 1 aliphatic rings. The van der Waals surface area contributed by atoms with E-state index >= 15 is 0 Å². The normalized spacial score (nSPS) is 14.3. The molecule has 2 aromatic rings. The van der Waals surface area contributed by atoms with Crippen LogP contribution < -0.4 is 15.2 Å². The fourth-order valence-corrected chi connectivity index (χ4v) is 3.40. The van der Waals surface area contributed by atoms with Gasteiger partial charge in [0.1, 0.15) is 0 Å². The zero-order valence-corrected chi connectivity index (χ0v) is 14.9. The van der Waals surface area contributed by atoms with Gasteiger partial charge in [0, 0.05) is 24.7 Å². The van der Waals surface area contributed by atoms with Gasteiger partial charge in [-0.2, -0.15) is 0 Å². The third-order valence-corrected chi connectivity index (χ3v) is 4.86. The lowest BCUT2D eigenvalue weighted by atomic mass is 9.96. The molecule has 0 saturated carbocycles. The molecular weight excluding hydrogens is 324 g/mol. The van der Waals surface area contributed by atoms with Crippen LogP contribution >= 0.6 is 11.6 Å². The summed E-state index contributed by atoms with van der Waals surface area (Å²) in [6, 6.07) is 10.1. The van der Waals surface area contributed by atoms with Crippen LogP contribution in [-0.4, -0.2) is 32.2 Å². The molecule has 0 aromatic heterocycles. The molecule has 1 aliphatic heterocycles. The first-order chi connectivity index (χ1) is 11.6. The van der Waals surface area contributed by atoms with E-state index in [2.05, 4.69) is 23.1 Å². The van der Waals surface area contributed by atoms with Gasteiger partial charge in [-0.05, 0) is 47.7 Å². The number of ether oxygens (including phenoxy) is 2. The fraction of sp³-hybridized carbons (Fsp3) is 0.368. The van der Waals surface area contributed by atoms with E-state index in [1.165, 1.54) is 16.7 Å². The van der Waals surface area contributed by atoms with Gasteiger partial charge in [-0.3, -0.25) is 4.90 Å². The first-order valence-corrected chi connectivity index (χ1v) is 8.49. The second-order valence-electron chi connectivity index (χ2n) is 6.07. The van der Waals surface area contributed by atoms with Crippen molar-refractivity contribution >= 4 is 17.3 Å². The number of hydrogen-bond acceptors (Lipinski definition) is 4. The molecule has 1 heterocycles. The Morgan fingerprint density at radius 1 is 1.17 bits per heavy atom. The first kappa shape index (κ1) is 16.9. The van der Waals surface area contributed by atoms with E-state index in [9.17, 15) is 0 Å². The van der Waals surface area contributed by atoms with Crippen LogP contribution in [0.4, 0.5) is 5.69 Å². The van der Waals surface area contributed by atoms with Gasteiger partial charge in [-0.25, -0.2) is 0 Å². The van der Waals surface area contributed by atoms with Crippen molar-refractivity contribution in [2.75, 3.05) is 33.0 Å². The molecule has 4 nitrogen and oxygen atoms in total. The average Bonchev–Trinajstić information content (AvgIpc) is 2.60. The molecule has 2 N–H and O–H groups in total. The molecule has 0 amide bonds. The minimum Gasteiger partial charge on any atom is -0.493 e. The topological polar surface area (TPSA) is 47.7 Å². The number of rotatable bonds is 5. The van der Waals surface area contributed by atoms with Gasteiger partial charge >= 0.3 is 0 Å². The summed E-state index contributed by atoms with van der Waals surface area (Å²) in [6.45, 7) is 2.89. The molecule has 0 fully saturated rings. The Labute approximate surface area is 148 Å². The van der Waals surface area contributed by atoms with E-state index in [-0.39, 0.29) is 0 Å². The molecule has 128 valence electrons. The maximum Gasteiger partial charge on any atom is 0.184 e. The molecule has 2 aromatic carbocycles. The number of halogens is 1. The molecule has 0 atom stereocenters. The number of nitrogen functional groups attached to an aromatic ring is 1. The third-order valence-electron chi connectivity index (χ3n) is 4.61. The van der Waals surface area contributed by atoms with E-state index in [1.54, 1.807) is 14.2 Å². The molecule has 0 spiro atoms. The van der Waals surface area contributed by atoms with Crippen molar-refractivity contribution in [3.8, 4) is 11.5 Å². The smallest absolute Gasteiger partial charge is 0.184 e. The van der Waals surface area contributed by atoms with E-state index < -0.39 is 0 Å². The van der Waals surface area contributed by atoms with Gasteiger partial charge in [-0.15, -0.1) is 0 Å². The number of nitrogens with zero attached hydrogens (tertiary/aromatic N) is 1. The van der Waals surface area contributed by atoms with Gasteiger partial charge in [0.05, 0.1) is 19.9 Å². The van der Waals surface area contributed by atoms with Crippen LogP contribution in [0.3, 0.4) is 0 Å². The van der Waals surface area contributed by atoms with E-state index in [1.807, 2.05) is 12.1 Å². The number of methoxy groups -OCH3 is 2. The van der Waals surface area contributed by atoms with Crippen LogP contribution in [0, 0.1) is 0 Å². The average molecular weight is 347 g/mol. The molecule has 0 radical (unpaired) electrons. The van der Waals surface area contributed by atoms with Crippen molar-refractivity contribution in [2.45, 2.75) is 19.4 Å². The van der Waals surface area contributed by atoms with Crippen LogP contribution in [0.15, 0.2) is 30.3 Å². The fourth-order valence-electron chi connectivity index (χ4n) is 3.27. The standard InChI is InChI=1S/C19H23ClN2O2/c1-23-17-11-14-12-22(9-7-13-3-5-15(20)6-4-13)10-8-16(14)18(21)19(17)24-2/h3-6,11H,7-10,12,21H2,1-2H3. The van der Waals surface area contributed by atoms with Crippen molar-refractivity contribution in [1.82, 2.24) is 4.90 Å². The van der Waals surface area contributed by atoms with Crippen LogP contribution in [0.5, 0.6) is 11.5 Å². The summed E-state index contributed by atoms with van der Waals surface area (Å²) in [7, 11) is 3.27. The monoisotopic (exact) mass is 346 g/mol. The van der Waals surface area contributed by atoms with Gasteiger partial charge in [0.25, 0.3) is 0 Å². The lowest BCUT2D eigenvalue weighted by molar-refractivity contribution is 0.256. The first-order valence-electron chi connectivity index (χ1n) is 8.11. The molecule has 0 aliphatic carbocycles. The Hall–Kier alpha value is -1.91. The number of benzene rings is 2. The van der Waals surface area contributed by atoms with E-state index in [4.69, 9.17) is 26.8 Å². The summed E-state index contributed by atoms with van der Waals surface area (Å²) in [5.74, 6) is 1.35. The van der Waals surface area contributed by atoms with Gasteiger partial charge < -0.3 is 15.2 Å². The Morgan fingerprint density at radius 3 is 2.58 bits per heavy atom. The molecule has 24 heavy (non-hydrogen) atoms. The van der Waals surface area contributed by atoms with E-state index in [0.29, 0.717) is 17.2 Å². The maximum atomic E-state index is 6.28. The highest BCUT2D eigenvalue weighted by molar-refractivity contribution is 6.30. The quantitative estimate of drug-likeness (QED) is 0.841. The highest BCUT2D eigenvalue weighted by Gasteiger charge is 2.23. The number of fused-ring (bicyclic) bond motifs is 1. The van der Waals surface area contributed by atoms with Crippen molar-refractivity contribution < 1.29 is 9.47 Å². The van der Waals surface area contributed by atoms with Crippen LogP contribution in [0.25, 0.3) is 0 Å². The Balaban J connectivity index is 1.72. The highest BCUT2D eigenvalue weighted by atomic mass is 35.5. The number of hydrogen-bond donors (Lipinski definition) is 1. The Kier molecular flexibility index (Phi) is 5.17. The summed E-state index contributed by atoms with van der Waals surface area (Å²) in [4.78, 5) is 2.45. The largest absolute Gasteiger partial charge is 0.493 e. The third kappa shape index (κ3) is 3.45. The zero-order chi connectivity index (χ0) is 17.1. The molecular formula is C19H23ClN2O2. The summed E-state index contributed by atoms with van der Waals surface area (Å²) in [5.41, 5.74) is 10.7. The van der Waals surface area contributed by atoms with E-state index in [0.717, 1.165) is 37.5 Å². The molecule has 5 heteroatoms. The Bertz CT molecular complexity index is 716. The molecule has 0 saturated heterocycles. The van der Waals surface area contributed by atoms with Gasteiger partial charge in [0.2, 0.25) is 0 Å².